The molecular weight excluding hydrogens is 683 g/mol. The predicted molar refractivity (Wildman–Crippen MR) is 230 cm³/mol. The number of benzene rings is 8. The Kier molecular flexibility index (Phi) is 4.22. The van der Waals surface area contributed by atoms with Crippen LogP contribution in [0.25, 0.3) is 100 Å². The van der Waals surface area contributed by atoms with E-state index in [1.54, 1.807) is 42.5 Å². The van der Waals surface area contributed by atoms with Gasteiger partial charge in [0.05, 0.1) is 48.1 Å². The minimum atomic E-state index is -0.939. The number of nitrogens with zero attached hydrogens (tertiary/aromatic N) is 5. The Morgan fingerprint density at radius 3 is 1.68 bits per heavy atom. The molecule has 0 N–H and O–H groups in total. The molecular formula is C51H33N5. The van der Waals surface area contributed by atoms with Crippen LogP contribution in [0.15, 0.2) is 200 Å². The molecule has 0 amide bonds. The van der Waals surface area contributed by atoms with E-state index < -0.39 is 153 Å². The Morgan fingerprint density at radius 1 is 0.375 bits per heavy atom. The van der Waals surface area contributed by atoms with E-state index >= 15 is 0 Å². The third-order valence-electron chi connectivity index (χ3n) is 9.44. The van der Waals surface area contributed by atoms with Crippen molar-refractivity contribution in [2.24, 2.45) is 0 Å². The Hall–Kier alpha value is -7.63. The van der Waals surface area contributed by atoms with Crippen molar-refractivity contribution in [3.63, 3.8) is 0 Å². The molecule has 0 saturated carbocycles. The Balaban J connectivity index is 1.37. The lowest BCUT2D eigenvalue weighted by Gasteiger charge is -2.12. The van der Waals surface area contributed by atoms with Crippen LogP contribution >= 0.6 is 0 Å². The molecule has 3 aromatic heterocycles. The number of rotatable bonds is 6. The van der Waals surface area contributed by atoms with E-state index in [1.807, 2.05) is 42.5 Å². The molecule has 56 heavy (non-hydrogen) atoms. The zero-order valence-corrected chi connectivity index (χ0v) is 28.8. The summed E-state index contributed by atoms with van der Waals surface area (Å²) >= 11 is 0. The van der Waals surface area contributed by atoms with Gasteiger partial charge in [-0.1, -0.05) is 170 Å². The minimum Gasteiger partial charge on any atom is -0.309 e. The molecule has 262 valence electrons. The topological polar surface area (TPSA) is 48.5 Å². The summed E-state index contributed by atoms with van der Waals surface area (Å²) in [6.45, 7) is 0. The molecule has 3 heterocycles. The van der Waals surface area contributed by atoms with Crippen molar-refractivity contribution in [1.82, 2.24) is 24.1 Å². The SMILES string of the molecule is [2H]c1c([2H])c([2H])c(-c2c([2H])c([2H])c([2H])c(-n3c4c([2H])c([2H])c([2H])c([2H])c4c4c([2H])c([2H])c5c(c6c([2H])c([2H])c([2H])c([2H])c6n5-c5nc(-c6ccccc6)nc(-c6ccc(-c7ccccc7)cc6)n5)c43)c2[2H])c([2H])c1[2H]. The van der Waals surface area contributed by atoms with Gasteiger partial charge < -0.3 is 4.57 Å². The second kappa shape index (κ2) is 13.0. The highest BCUT2D eigenvalue weighted by Gasteiger charge is 2.23. The maximum atomic E-state index is 9.87. The summed E-state index contributed by atoms with van der Waals surface area (Å²) in [5, 5.41) is -1.46. The highest BCUT2D eigenvalue weighted by molar-refractivity contribution is 6.26. The van der Waals surface area contributed by atoms with Gasteiger partial charge in [-0.05, 0) is 52.5 Å². The Morgan fingerprint density at radius 2 is 0.946 bits per heavy atom. The summed E-state index contributed by atoms with van der Waals surface area (Å²) in [5.74, 6) is -0.124. The molecule has 0 bridgehead atoms. The highest BCUT2D eigenvalue weighted by atomic mass is 15.2. The molecule has 5 heteroatoms. The van der Waals surface area contributed by atoms with Gasteiger partial charge in [0.2, 0.25) is 5.95 Å². The van der Waals surface area contributed by atoms with E-state index in [9.17, 15) is 11.0 Å². The largest absolute Gasteiger partial charge is 0.309 e. The van der Waals surface area contributed by atoms with Crippen molar-refractivity contribution in [3.8, 4) is 56.7 Å². The Labute approximate surface area is 350 Å². The molecule has 0 aliphatic heterocycles. The molecule has 0 aliphatic rings. The number of aromatic nitrogens is 5. The summed E-state index contributed by atoms with van der Waals surface area (Å²) in [7, 11) is 0. The van der Waals surface area contributed by atoms with Gasteiger partial charge >= 0.3 is 0 Å². The van der Waals surface area contributed by atoms with Crippen molar-refractivity contribution >= 4 is 43.6 Å². The van der Waals surface area contributed by atoms with Crippen molar-refractivity contribution in [2.45, 2.75) is 0 Å². The van der Waals surface area contributed by atoms with Crippen molar-refractivity contribution in [3.05, 3.63) is 200 Å². The van der Waals surface area contributed by atoms with E-state index in [0.717, 1.165) is 15.7 Å². The van der Waals surface area contributed by atoms with Gasteiger partial charge in [-0.15, -0.1) is 0 Å². The molecule has 0 atom stereocenters. The van der Waals surface area contributed by atoms with Gasteiger partial charge in [0.1, 0.15) is 0 Å². The third kappa shape index (κ3) is 5.21. The van der Waals surface area contributed by atoms with Gasteiger partial charge in [0.15, 0.2) is 11.6 Å². The summed E-state index contributed by atoms with van der Waals surface area (Å²) in [6, 6.07) is 10.4. The van der Waals surface area contributed by atoms with E-state index in [4.69, 9.17) is 30.0 Å². The van der Waals surface area contributed by atoms with E-state index in [0.29, 0.717) is 11.1 Å². The maximum absolute atomic E-state index is 9.87. The van der Waals surface area contributed by atoms with Crippen LogP contribution < -0.4 is 0 Å². The highest BCUT2D eigenvalue weighted by Crippen LogP contribution is 2.42. The second-order valence-electron chi connectivity index (χ2n) is 12.6. The molecule has 0 fully saturated rings. The maximum Gasteiger partial charge on any atom is 0.238 e. The number of para-hydroxylation sites is 2. The van der Waals surface area contributed by atoms with Crippen LogP contribution in [0.3, 0.4) is 0 Å². The molecule has 5 nitrogen and oxygen atoms in total. The zero-order chi connectivity index (χ0) is 53.5. The van der Waals surface area contributed by atoms with Crippen LogP contribution in [0.1, 0.15) is 26.0 Å². The predicted octanol–water partition coefficient (Wildman–Crippen LogP) is 12.7. The minimum absolute atomic E-state index is 0.0853. The van der Waals surface area contributed by atoms with Gasteiger partial charge in [-0.3, -0.25) is 4.57 Å². The van der Waals surface area contributed by atoms with Crippen LogP contribution in [0.5, 0.6) is 0 Å². The molecule has 8 aromatic carbocycles. The first kappa shape index (κ1) is 18.1. The number of hydrogen-bond acceptors (Lipinski definition) is 3. The van der Waals surface area contributed by atoms with Gasteiger partial charge in [0, 0.05) is 38.4 Å². The first-order valence-corrected chi connectivity index (χ1v) is 17.3. The van der Waals surface area contributed by atoms with Crippen LogP contribution in [0, 0.1) is 0 Å². The number of fused-ring (bicyclic) bond motifs is 7. The van der Waals surface area contributed by atoms with Gasteiger partial charge in [-0.2, -0.15) is 9.97 Å². The average Bonchev–Trinajstić information content (AvgIpc) is 3.99. The zero-order valence-electron chi connectivity index (χ0n) is 47.8. The fraction of sp³-hybridized carbons (Fsp3) is 0. The van der Waals surface area contributed by atoms with Crippen molar-refractivity contribution in [2.75, 3.05) is 0 Å². The average molecular weight is 735 g/mol. The standard InChI is InChI=1S/C51H33N5/c1-4-15-34(16-5-1)36-27-29-38(30-28-36)50-52-49(37-19-8-3-9-20-37)53-51(54-50)56-45-26-13-11-24-43(45)47-46(56)32-31-42-41-23-10-12-25-44(41)55(48(42)47)40-22-14-21-39(33-40)35-17-6-2-7-18-35/h1-33H/i2D,6D,7D,10D,11D,12D,13D,14D,17D,18D,21D,22D,23D,24D,25D,26D,31D,32D,33D. The monoisotopic (exact) mass is 734 g/mol. The van der Waals surface area contributed by atoms with Crippen LogP contribution in [-0.2, 0) is 0 Å². The van der Waals surface area contributed by atoms with Gasteiger partial charge in [0.25, 0.3) is 0 Å². The van der Waals surface area contributed by atoms with Gasteiger partial charge in [-0.25, -0.2) is 4.98 Å². The lowest BCUT2D eigenvalue weighted by molar-refractivity contribution is 0.953. The molecule has 0 unspecified atom stereocenters. The fourth-order valence-electron chi connectivity index (χ4n) is 6.94. The number of hydrogen-bond donors (Lipinski definition) is 0. The van der Waals surface area contributed by atoms with Crippen molar-refractivity contribution < 1.29 is 26.0 Å². The van der Waals surface area contributed by atoms with Crippen LogP contribution in [0.2, 0.25) is 0 Å². The van der Waals surface area contributed by atoms with Crippen LogP contribution in [0.4, 0.5) is 0 Å². The van der Waals surface area contributed by atoms with Crippen molar-refractivity contribution in [1.29, 1.82) is 0 Å². The van der Waals surface area contributed by atoms with E-state index in [1.165, 1.54) is 4.57 Å². The third-order valence-corrected chi connectivity index (χ3v) is 9.44. The molecule has 0 aliphatic carbocycles. The summed E-state index contributed by atoms with van der Waals surface area (Å²) < 4.78 is 175. The molecule has 0 spiro atoms. The summed E-state index contributed by atoms with van der Waals surface area (Å²) in [5.41, 5.74) is -0.936. The molecule has 0 radical (unpaired) electrons. The van der Waals surface area contributed by atoms with E-state index in [-0.39, 0.29) is 39.4 Å². The molecule has 0 saturated heterocycles. The van der Waals surface area contributed by atoms with Crippen LogP contribution in [-0.4, -0.2) is 24.1 Å². The lowest BCUT2D eigenvalue weighted by Crippen LogP contribution is -2.06. The fourth-order valence-corrected chi connectivity index (χ4v) is 6.94. The normalized spacial score (nSPS) is 16.3. The summed E-state index contributed by atoms with van der Waals surface area (Å²) in [6.07, 6.45) is 0. The summed E-state index contributed by atoms with van der Waals surface area (Å²) in [4.78, 5) is 14.6. The lowest BCUT2D eigenvalue weighted by atomic mass is 10.0. The molecule has 11 rings (SSSR count). The second-order valence-corrected chi connectivity index (χ2v) is 12.6. The van der Waals surface area contributed by atoms with E-state index in [2.05, 4.69) is 0 Å². The smallest absolute Gasteiger partial charge is 0.238 e. The first-order chi connectivity index (χ1) is 35.7. The quantitative estimate of drug-likeness (QED) is 0.171. The molecule has 11 aromatic rings. The first-order valence-electron chi connectivity index (χ1n) is 26.8. The Bertz CT molecular complexity index is 4300.